The van der Waals surface area contributed by atoms with E-state index in [0.29, 0.717) is 42.5 Å². The Bertz CT molecular complexity index is 2450. The average Bonchev–Trinajstić information content (AvgIpc) is 3.93. The van der Waals surface area contributed by atoms with Gasteiger partial charge in [0.15, 0.2) is 5.65 Å². The summed E-state index contributed by atoms with van der Waals surface area (Å²) in [6.45, 7) is 14.8. The number of hydrogen-bond donors (Lipinski definition) is 5. The molecule has 4 aromatic rings. The third-order valence-corrected chi connectivity index (χ3v) is 15.5. The predicted molar refractivity (Wildman–Crippen MR) is 258 cm³/mol. The number of piperazine rings is 1. The predicted octanol–water partition coefficient (Wildman–Crippen LogP) is 5.03. The number of aromatic amines is 1. The number of terminal acetylenes is 1. The summed E-state index contributed by atoms with van der Waals surface area (Å²) in [5.41, 5.74) is 5.75. The van der Waals surface area contributed by atoms with Crippen molar-refractivity contribution in [1.29, 1.82) is 0 Å². The normalized spacial score (nSPS) is 25.1. The minimum atomic E-state index is -0.880. The minimum Gasteiger partial charge on any atom is -0.507 e. The minimum absolute atomic E-state index is 0.0307. The molecular formula is C52H68N10O5. The number of aliphatic hydroxyl groups excluding tert-OH is 1. The van der Waals surface area contributed by atoms with Gasteiger partial charge in [0, 0.05) is 118 Å². The smallest absolute Gasteiger partial charge is 0.318 e. The van der Waals surface area contributed by atoms with Crippen LogP contribution in [0.1, 0.15) is 101 Å². The molecule has 67 heavy (non-hydrogen) atoms. The van der Waals surface area contributed by atoms with Crippen molar-refractivity contribution in [2.75, 3.05) is 52.4 Å². The standard InChI is InChI=1S/C52H68N10O5/c1-6-34-11-13-35(14-12-34)31-53-49(65)44-29-39(63)32-62(44)50(66)47(52(3,4)5)55-51(67)60-22-19-37(20-23-60)59-27-25-58(26-28-59)36-15-17-38(18-16-36)61-24-21-42-46(33(61)2)41-30-43(56-57-48(41)54-42)40-9-7-8-10-45(40)64/h1,7-14,30,33,36-39,44,47,63-64H,15-29,31-32H2,2-5H3,(H,53,65)(H,54,57)(H,55,67)/t33-,36-,38-,39-,44+,47-/m1/s1. The van der Waals surface area contributed by atoms with Crippen molar-refractivity contribution < 1.29 is 24.6 Å². The van der Waals surface area contributed by atoms with Crippen molar-refractivity contribution in [3.8, 4) is 29.4 Å². The van der Waals surface area contributed by atoms with Gasteiger partial charge < -0.3 is 35.6 Å². The Morgan fingerprint density at radius 3 is 2.19 bits per heavy atom. The maximum absolute atomic E-state index is 14.2. The third kappa shape index (κ3) is 9.90. The number of hydrogen-bond acceptors (Lipinski definition) is 10. The second-order valence-corrected chi connectivity index (χ2v) is 20.6. The van der Waals surface area contributed by atoms with Gasteiger partial charge in [-0.1, -0.05) is 51.0 Å². The molecule has 2 aromatic carbocycles. The number of aliphatic hydroxyl groups is 1. The topological polar surface area (TPSA) is 173 Å². The molecule has 1 aliphatic carbocycles. The van der Waals surface area contributed by atoms with Crippen molar-refractivity contribution >= 4 is 28.9 Å². The average molecular weight is 913 g/mol. The van der Waals surface area contributed by atoms with Crippen molar-refractivity contribution in [3.63, 3.8) is 0 Å². The van der Waals surface area contributed by atoms with Gasteiger partial charge in [0.05, 0.1) is 11.8 Å². The number of piperidine rings is 1. The number of likely N-dealkylation sites (tertiary alicyclic amines) is 2. The third-order valence-electron chi connectivity index (χ3n) is 15.5. The number of nitrogens with zero attached hydrogens (tertiary/aromatic N) is 7. The van der Waals surface area contributed by atoms with Crippen LogP contribution in [0.2, 0.25) is 0 Å². The molecule has 4 atom stereocenters. The molecule has 4 amide bonds. The zero-order valence-electron chi connectivity index (χ0n) is 39.6. The van der Waals surface area contributed by atoms with Crippen LogP contribution in [-0.4, -0.2) is 156 Å². The second-order valence-electron chi connectivity index (χ2n) is 20.6. The fourth-order valence-electron chi connectivity index (χ4n) is 11.7. The summed E-state index contributed by atoms with van der Waals surface area (Å²) >= 11 is 0. The Morgan fingerprint density at radius 1 is 0.881 bits per heavy atom. The summed E-state index contributed by atoms with van der Waals surface area (Å²) in [5.74, 6) is 2.09. The largest absolute Gasteiger partial charge is 0.507 e. The van der Waals surface area contributed by atoms with Gasteiger partial charge in [-0.3, -0.25) is 24.3 Å². The number of para-hydroxylation sites is 1. The molecule has 0 bridgehead atoms. The van der Waals surface area contributed by atoms with Gasteiger partial charge >= 0.3 is 6.03 Å². The van der Waals surface area contributed by atoms with Crippen LogP contribution < -0.4 is 10.6 Å². The van der Waals surface area contributed by atoms with Crippen LogP contribution in [-0.2, 0) is 22.6 Å². The highest BCUT2D eigenvalue weighted by molar-refractivity contribution is 5.93. The second kappa shape index (κ2) is 19.6. The first kappa shape index (κ1) is 46.6. The Hall–Kier alpha value is -5.53. The first-order chi connectivity index (χ1) is 32.2. The van der Waals surface area contributed by atoms with E-state index in [-0.39, 0.29) is 49.1 Å². The van der Waals surface area contributed by atoms with Gasteiger partial charge in [-0.25, -0.2) is 4.79 Å². The molecule has 5 N–H and O–H groups in total. The Morgan fingerprint density at radius 2 is 1.54 bits per heavy atom. The number of carbonyl (C=O) groups excluding carboxylic acids is 3. The molecule has 1 saturated carbocycles. The number of fused-ring (bicyclic) bond motifs is 3. The maximum atomic E-state index is 14.2. The number of phenols is 1. The summed E-state index contributed by atoms with van der Waals surface area (Å²) in [6.07, 6.45) is 12.3. The molecule has 0 unspecified atom stereocenters. The molecular weight excluding hydrogens is 845 g/mol. The van der Waals surface area contributed by atoms with Crippen LogP contribution in [0.15, 0.2) is 54.6 Å². The van der Waals surface area contributed by atoms with E-state index in [1.54, 1.807) is 6.07 Å². The van der Waals surface area contributed by atoms with E-state index < -0.39 is 23.6 Å². The van der Waals surface area contributed by atoms with Crippen LogP contribution in [0.25, 0.3) is 22.3 Å². The van der Waals surface area contributed by atoms with E-state index >= 15 is 0 Å². The highest BCUT2D eigenvalue weighted by Gasteiger charge is 2.45. The number of nitrogens with one attached hydrogen (secondary N) is 3. The molecule has 356 valence electrons. The summed E-state index contributed by atoms with van der Waals surface area (Å²) < 4.78 is 0. The summed E-state index contributed by atoms with van der Waals surface area (Å²) in [4.78, 5) is 56.4. The van der Waals surface area contributed by atoms with Crippen LogP contribution in [0.4, 0.5) is 4.79 Å². The SMILES string of the molecule is C#Cc1ccc(CNC(=O)[C@@H]2C[C@@H](O)CN2C(=O)[C@@H](NC(=O)N2CCC(N3CCN([C@H]4CC[C@H](N5CCc6[nH]c7nnc(-c8ccccc8O)cc7c6[C@H]5C)CC4)CC3)CC2)C(C)(C)C)cc1. The highest BCUT2D eigenvalue weighted by Crippen LogP contribution is 2.41. The number of aromatic nitrogens is 3. The number of carbonyl (C=O) groups is 3. The van der Waals surface area contributed by atoms with E-state index in [1.807, 2.05) is 68.1 Å². The van der Waals surface area contributed by atoms with E-state index in [4.69, 9.17) is 6.42 Å². The van der Waals surface area contributed by atoms with Crippen LogP contribution in [0, 0.1) is 17.8 Å². The van der Waals surface area contributed by atoms with Gasteiger partial charge in [-0.05, 0) is 92.3 Å². The van der Waals surface area contributed by atoms with Gasteiger partial charge in [-0.2, -0.15) is 0 Å². The first-order valence-electron chi connectivity index (χ1n) is 24.5. The number of β-amino-alcohol motifs (C(OH)–C–C–N with tert-alkyl or cyclic N) is 1. The van der Waals surface area contributed by atoms with Crippen LogP contribution in [0.5, 0.6) is 5.75 Å². The van der Waals surface area contributed by atoms with Crippen LogP contribution >= 0.6 is 0 Å². The Balaban J connectivity index is 0.729. The lowest BCUT2D eigenvalue weighted by molar-refractivity contribution is -0.142. The number of phenolic OH excluding ortho intramolecular Hbond substituents is 1. The molecule has 0 radical (unpaired) electrons. The monoisotopic (exact) mass is 913 g/mol. The zero-order valence-corrected chi connectivity index (χ0v) is 39.6. The van der Waals surface area contributed by atoms with Crippen LogP contribution in [0.3, 0.4) is 0 Å². The molecule has 5 aliphatic rings. The fourth-order valence-corrected chi connectivity index (χ4v) is 11.7. The lowest BCUT2D eigenvalue weighted by atomic mass is 9.85. The molecule has 4 aliphatic heterocycles. The van der Waals surface area contributed by atoms with E-state index in [2.05, 4.69) is 59.4 Å². The molecule has 3 saturated heterocycles. The van der Waals surface area contributed by atoms with Gasteiger partial charge in [0.25, 0.3) is 0 Å². The Labute approximate surface area is 394 Å². The van der Waals surface area contributed by atoms with Gasteiger partial charge in [0.1, 0.15) is 17.8 Å². The maximum Gasteiger partial charge on any atom is 0.318 e. The number of urea groups is 1. The van der Waals surface area contributed by atoms with E-state index in [1.165, 1.54) is 41.8 Å². The highest BCUT2D eigenvalue weighted by atomic mass is 16.3. The fraction of sp³-hybridized carbons (Fsp3) is 0.558. The van der Waals surface area contributed by atoms with Gasteiger partial charge in [0.2, 0.25) is 11.8 Å². The molecule has 9 rings (SSSR count). The molecule has 15 nitrogen and oxygen atoms in total. The molecule has 2 aromatic heterocycles. The molecule has 0 spiro atoms. The quantitative estimate of drug-likeness (QED) is 0.144. The number of amides is 4. The lowest BCUT2D eigenvalue weighted by Crippen LogP contribution is -2.61. The van der Waals surface area contributed by atoms with Crippen molar-refractivity contribution in [1.82, 2.24) is 50.3 Å². The summed E-state index contributed by atoms with van der Waals surface area (Å²) in [7, 11) is 0. The summed E-state index contributed by atoms with van der Waals surface area (Å²) in [5, 5.41) is 37.2. The first-order valence-corrected chi connectivity index (χ1v) is 24.5. The number of benzene rings is 2. The van der Waals surface area contributed by atoms with Gasteiger partial charge in [-0.15, -0.1) is 16.6 Å². The van der Waals surface area contributed by atoms with E-state index in [0.717, 1.165) is 74.1 Å². The lowest BCUT2D eigenvalue weighted by Gasteiger charge is -2.47. The number of H-pyrrole nitrogens is 1. The molecule has 15 heteroatoms. The van der Waals surface area contributed by atoms with E-state index in [9.17, 15) is 24.6 Å². The number of aromatic hydroxyl groups is 1. The zero-order chi connectivity index (χ0) is 47.0. The van der Waals surface area contributed by atoms with Crippen molar-refractivity contribution in [3.05, 3.63) is 77.0 Å². The molecule has 4 fully saturated rings. The van der Waals surface area contributed by atoms with Crippen molar-refractivity contribution in [2.45, 2.75) is 128 Å². The summed E-state index contributed by atoms with van der Waals surface area (Å²) in [6, 6.07) is 16.6. The Kier molecular flexibility index (Phi) is 13.6. The van der Waals surface area contributed by atoms with Crippen molar-refractivity contribution in [2.24, 2.45) is 5.41 Å². The molecule has 6 heterocycles. The number of rotatable bonds is 9.